The van der Waals surface area contributed by atoms with E-state index in [1.807, 2.05) is 36.4 Å². The number of aromatic nitrogens is 2. The molecule has 0 aliphatic carbocycles. The van der Waals surface area contributed by atoms with Crippen LogP contribution in [0, 0.1) is 0 Å². The topological polar surface area (TPSA) is 44.2 Å². The van der Waals surface area contributed by atoms with Gasteiger partial charge in [0.1, 0.15) is 6.33 Å². The van der Waals surface area contributed by atoms with Crippen molar-refractivity contribution in [3.05, 3.63) is 47.7 Å². The predicted octanol–water partition coefficient (Wildman–Crippen LogP) is 3.97. The SMILES string of the molecule is COc1cc2ncnc(-c3cccc(Cl)c3)c2cc1OC. The number of nitrogens with zero attached hydrogens (tertiary/aromatic N) is 2. The zero-order chi connectivity index (χ0) is 14.8. The lowest BCUT2D eigenvalue weighted by Crippen LogP contribution is -1.94. The Balaban J connectivity index is 2.28. The molecule has 0 aliphatic rings. The number of hydrogen-bond donors (Lipinski definition) is 0. The van der Waals surface area contributed by atoms with Gasteiger partial charge in [-0.05, 0) is 18.2 Å². The number of fused-ring (bicyclic) bond motifs is 1. The average Bonchev–Trinajstić information content (AvgIpc) is 2.52. The Morgan fingerprint density at radius 2 is 1.71 bits per heavy atom. The Kier molecular flexibility index (Phi) is 3.62. The summed E-state index contributed by atoms with van der Waals surface area (Å²) < 4.78 is 10.7. The summed E-state index contributed by atoms with van der Waals surface area (Å²) in [4.78, 5) is 8.68. The highest BCUT2D eigenvalue weighted by Gasteiger charge is 2.12. The molecule has 21 heavy (non-hydrogen) atoms. The second kappa shape index (κ2) is 5.58. The smallest absolute Gasteiger partial charge is 0.162 e. The number of benzene rings is 2. The molecule has 2 aromatic carbocycles. The van der Waals surface area contributed by atoms with Gasteiger partial charge in [-0.15, -0.1) is 0 Å². The molecule has 0 radical (unpaired) electrons. The summed E-state index contributed by atoms with van der Waals surface area (Å²) in [5.41, 5.74) is 2.53. The molecule has 106 valence electrons. The number of ether oxygens (including phenoxy) is 2. The van der Waals surface area contributed by atoms with E-state index >= 15 is 0 Å². The predicted molar refractivity (Wildman–Crippen MR) is 83.1 cm³/mol. The Labute approximate surface area is 127 Å². The molecule has 1 aromatic heterocycles. The van der Waals surface area contributed by atoms with E-state index in [-0.39, 0.29) is 0 Å². The molecule has 0 spiro atoms. The second-order valence-electron chi connectivity index (χ2n) is 4.46. The molecule has 0 bridgehead atoms. The Morgan fingerprint density at radius 1 is 0.952 bits per heavy atom. The van der Waals surface area contributed by atoms with Gasteiger partial charge in [0.15, 0.2) is 11.5 Å². The van der Waals surface area contributed by atoms with Gasteiger partial charge in [0.05, 0.1) is 25.4 Å². The van der Waals surface area contributed by atoms with Crippen LogP contribution >= 0.6 is 11.6 Å². The van der Waals surface area contributed by atoms with Crippen LogP contribution in [0.3, 0.4) is 0 Å². The highest BCUT2D eigenvalue weighted by Crippen LogP contribution is 2.35. The summed E-state index contributed by atoms with van der Waals surface area (Å²) >= 11 is 6.06. The first-order valence-electron chi connectivity index (χ1n) is 6.35. The van der Waals surface area contributed by atoms with Crippen LogP contribution in [0.15, 0.2) is 42.7 Å². The molecule has 0 atom stereocenters. The summed E-state index contributed by atoms with van der Waals surface area (Å²) in [6.07, 6.45) is 1.53. The molecule has 0 saturated carbocycles. The summed E-state index contributed by atoms with van der Waals surface area (Å²) in [5.74, 6) is 1.28. The van der Waals surface area contributed by atoms with E-state index in [1.165, 1.54) is 6.33 Å². The van der Waals surface area contributed by atoms with Crippen LogP contribution in [0.4, 0.5) is 0 Å². The minimum atomic E-state index is 0.640. The number of rotatable bonds is 3. The Morgan fingerprint density at radius 3 is 2.43 bits per heavy atom. The maximum Gasteiger partial charge on any atom is 0.162 e. The highest BCUT2D eigenvalue weighted by atomic mass is 35.5. The van der Waals surface area contributed by atoms with Crippen molar-refractivity contribution >= 4 is 22.5 Å². The first-order valence-corrected chi connectivity index (χ1v) is 6.73. The van der Waals surface area contributed by atoms with Crippen molar-refractivity contribution in [2.24, 2.45) is 0 Å². The molecule has 0 saturated heterocycles. The molecule has 0 aliphatic heterocycles. The third-order valence-corrected chi connectivity index (χ3v) is 3.47. The molecule has 1 heterocycles. The normalized spacial score (nSPS) is 10.6. The monoisotopic (exact) mass is 300 g/mol. The standard InChI is InChI=1S/C16H13ClN2O2/c1-20-14-7-12-13(8-15(14)21-2)18-9-19-16(12)10-4-3-5-11(17)6-10/h3-9H,1-2H3. The van der Waals surface area contributed by atoms with E-state index in [1.54, 1.807) is 14.2 Å². The number of halogens is 1. The van der Waals surface area contributed by atoms with E-state index in [0.717, 1.165) is 22.2 Å². The fourth-order valence-corrected chi connectivity index (χ4v) is 2.44. The van der Waals surface area contributed by atoms with E-state index in [2.05, 4.69) is 9.97 Å². The van der Waals surface area contributed by atoms with Gasteiger partial charge < -0.3 is 9.47 Å². The molecular formula is C16H13ClN2O2. The van der Waals surface area contributed by atoms with Gasteiger partial charge in [-0.3, -0.25) is 0 Å². The molecule has 5 heteroatoms. The van der Waals surface area contributed by atoms with Crippen molar-refractivity contribution in [2.45, 2.75) is 0 Å². The Bertz CT molecular complexity index is 805. The maximum atomic E-state index is 6.06. The van der Waals surface area contributed by atoms with Crippen LogP contribution in [-0.2, 0) is 0 Å². The van der Waals surface area contributed by atoms with Gasteiger partial charge in [-0.1, -0.05) is 23.7 Å². The first kappa shape index (κ1) is 13.6. The van der Waals surface area contributed by atoms with E-state index in [4.69, 9.17) is 21.1 Å². The minimum Gasteiger partial charge on any atom is -0.493 e. The van der Waals surface area contributed by atoms with Gasteiger partial charge >= 0.3 is 0 Å². The fourth-order valence-electron chi connectivity index (χ4n) is 2.25. The van der Waals surface area contributed by atoms with Crippen LogP contribution in [0.1, 0.15) is 0 Å². The third kappa shape index (κ3) is 2.50. The lowest BCUT2D eigenvalue weighted by atomic mass is 10.1. The van der Waals surface area contributed by atoms with Crippen molar-refractivity contribution in [1.29, 1.82) is 0 Å². The van der Waals surface area contributed by atoms with Crippen LogP contribution in [0.25, 0.3) is 22.2 Å². The van der Waals surface area contributed by atoms with Gasteiger partial charge in [0.25, 0.3) is 0 Å². The van der Waals surface area contributed by atoms with Crippen molar-refractivity contribution in [3.63, 3.8) is 0 Å². The summed E-state index contributed by atoms with van der Waals surface area (Å²) in [5, 5.41) is 1.55. The molecule has 0 amide bonds. The Hall–Kier alpha value is -2.33. The van der Waals surface area contributed by atoms with Crippen molar-refractivity contribution < 1.29 is 9.47 Å². The van der Waals surface area contributed by atoms with Crippen LogP contribution < -0.4 is 9.47 Å². The lowest BCUT2D eigenvalue weighted by Gasteiger charge is -2.11. The van der Waals surface area contributed by atoms with E-state index in [9.17, 15) is 0 Å². The first-order chi connectivity index (χ1) is 10.2. The molecule has 4 nitrogen and oxygen atoms in total. The molecular weight excluding hydrogens is 288 g/mol. The van der Waals surface area contributed by atoms with Gasteiger partial charge in [0.2, 0.25) is 0 Å². The molecule has 0 unspecified atom stereocenters. The van der Waals surface area contributed by atoms with Crippen LogP contribution in [0.2, 0.25) is 5.02 Å². The zero-order valence-corrected chi connectivity index (χ0v) is 12.4. The van der Waals surface area contributed by atoms with Crippen molar-refractivity contribution in [2.75, 3.05) is 14.2 Å². The van der Waals surface area contributed by atoms with Crippen molar-refractivity contribution in [1.82, 2.24) is 9.97 Å². The zero-order valence-electron chi connectivity index (χ0n) is 11.6. The largest absolute Gasteiger partial charge is 0.493 e. The highest BCUT2D eigenvalue weighted by molar-refractivity contribution is 6.30. The molecule has 3 rings (SSSR count). The third-order valence-electron chi connectivity index (χ3n) is 3.24. The summed E-state index contributed by atoms with van der Waals surface area (Å²) in [7, 11) is 3.20. The molecule has 0 fully saturated rings. The number of methoxy groups -OCH3 is 2. The quantitative estimate of drug-likeness (QED) is 0.734. The summed E-state index contributed by atoms with van der Waals surface area (Å²) in [6.45, 7) is 0. The lowest BCUT2D eigenvalue weighted by molar-refractivity contribution is 0.356. The van der Waals surface area contributed by atoms with Gasteiger partial charge in [-0.25, -0.2) is 9.97 Å². The van der Waals surface area contributed by atoms with Crippen LogP contribution in [-0.4, -0.2) is 24.2 Å². The number of hydrogen-bond acceptors (Lipinski definition) is 4. The van der Waals surface area contributed by atoms with E-state index in [0.29, 0.717) is 16.5 Å². The van der Waals surface area contributed by atoms with Crippen molar-refractivity contribution in [3.8, 4) is 22.8 Å². The summed E-state index contributed by atoms with van der Waals surface area (Å²) in [6, 6.07) is 11.3. The molecule has 0 N–H and O–H groups in total. The van der Waals surface area contributed by atoms with Gasteiger partial charge in [0, 0.05) is 22.0 Å². The maximum absolute atomic E-state index is 6.06. The second-order valence-corrected chi connectivity index (χ2v) is 4.89. The van der Waals surface area contributed by atoms with E-state index < -0.39 is 0 Å². The van der Waals surface area contributed by atoms with Crippen LogP contribution in [0.5, 0.6) is 11.5 Å². The molecule has 3 aromatic rings. The average molecular weight is 301 g/mol. The minimum absolute atomic E-state index is 0.640. The fraction of sp³-hybridized carbons (Fsp3) is 0.125. The van der Waals surface area contributed by atoms with Gasteiger partial charge in [-0.2, -0.15) is 0 Å².